The van der Waals surface area contributed by atoms with E-state index in [2.05, 4.69) is 6.55 Å². The van der Waals surface area contributed by atoms with Crippen molar-refractivity contribution in [1.29, 1.82) is 0 Å². The maximum absolute atomic E-state index is 14.3. The van der Waals surface area contributed by atoms with Crippen LogP contribution in [0.5, 0.6) is 0 Å². The molecule has 3 aromatic rings. The number of carbonyl (C=O) groups excluding carboxylic acids is 1. The van der Waals surface area contributed by atoms with Gasteiger partial charge in [-0.1, -0.05) is 61.1 Å². The van der Waals surface area contributed by atoms with Crippen LogP contribution in [0.25, 0.3) is 0 Å². The molecule has 0 aromatic heterocycles. The fourth-order valence-electron chi connectivity index (χ4n) is 3.45. The molecule has 3 nitrogen and oxygen atoms in total. The number of aliphatic hydroxyl groups excluding tert-OH is 1. The predicted octanol–water partition coefficient (Wildman–Crippen LogP) is 2.62. The van der Waals surface area contributed by atoms with Gasteiger partial charge in [-0.25, -0.2) is 8.78 Å². The summed E-state index contributed by atoms with van der Waals surface area (Å²) in [5.74, 6) is -1.39. The zero-order chi connectivity index (χ0) is 21.0. The summed E-state index contributed by atoms with van der Waals surface area (Å²) < 4.78 is 33.3. The molecule has 1 N–H and O–H groups in total. The third-order valence-corrected chi connectivity index (χ3v) is 9.62. The zero-order valence-corrected chi connectivity index (χ0v) is 17.3. The number of hydrogen-bond donors (Lipinski definition) is 1. The van der Waals surface area contributed by atoms with E-state index < -0.39 is 32.3 Å². The van der Waals surface area contributed by atoms with Crippen molar-refractivity contribution in [2.45, 2.75) is 26.7 Å². The predicted molar refractivity (Wildman–Crippen MR) is 111 cm³/mol. The average Bonchev–Trinajstić information content (AvgIpc) is 2.73. The number of aliphatic hydroxyl groups is 1. The molecule has 0 radical (unpaired) electrons. The third-order valence-electron chi connectivity index (χ3n) is 5.20. The normalized spacial score (nSPS) is 13.0. The van der Waals surface area contributed by atoms with E-state index in [4.69, 9.17) is 4.74 Å². The van der Waals surface area contributed by atoms with Crippen LogP contribution in [-0.4, -0.2) is 19.1 Å². The number of esters is 1. The summed E-state index contributed by atoms with van der Waals surface area (Å²) in [5.41, 5.74) is 0.510. The number of benzene rings is 3. The highest BCUT2D eigenvalue weighted by molar-refractivity contribution is 7.10. The molecule has 150 valence electrons. The summed E-state index contributed by atoms with van der Waals surface area (Å²) in [7, 11) is -2.64. The largest absolute Gasteiger partial charge is 0.461 e. The highest BCUT2D eigenvalue weighted by Gasteiger charge is 2.35. The molecule has 3 rings (SSSR count). The lowest BCUT2D eigenvalue weighted by Crippen LogP contribution is -2.65. The van der Waals surface area contributed by atoms with Gasteiger partial charge in [-0.05, 0) is 27.7 Å². The topological polar surface area (TPSA) is 46.5 Å². The van der Waals surface area contributed by atoms with Crippen molar-refractivity contribution < 1.29 is 23.4 Å². The standard InChI is InChI=1S/C23H22F2O3Si/c1-16(27)28-15-18-13-21(9-11-23(18)25)29(2,19-6-4-3-5-7-19)20-8-10-22(24)17(12-20)14-26/h3-13,26H,14-15H2,1-2H3. The van der Waals surface area contributed by atoms with Crippen LogP contribution in [0.15, 0.2) is 66.7 Å². The number of hydrogen-bond acceptors (Lipinski definition) is 3. The molecule has 1 unspecified atom stereocenters. The van der Waals surface area contributed by atoms with Crippen LogP contribution >= 0.6 is 0 Å². The Morgan fingerprint density at radius 1 is 0.897 bits per heavy atom. The Kier molecular flexibility index (Phi) is 6.25. The van der Waals surface area contributed by atoms with Gasteiger partial charge in [0.15, 0.2) is 0 Å². The van der Waals surface area contributed by atoms with Crippen LogP contribution in [-0.2, 0) is 22.7 Å². The monoisotopic (exact) mass is 412 g/mol. The molecule has 0 saturated heterocycles. The first-order chi connectivity index (χ1) is 13.9. The molecule has 0 heterocycles. The smallest absolute Gasteiger partial charge is 0.302 e. The van der Waals surface area contributed by atoms with Gasteiger partial charge >= 0.3 is 5.97 Å². The number of rotatable bonds is 6. The fraction of sp³-hybridized carbons (Fsp3) is 0.174. The first-order valence-corrected chi connectivity index (χ1v) is 11.7. The molecule has 0 bridgehead atoms. The van der Waals surface area contributed by atoms with E-state index in [1.54, 1.807) is 24.3 Å². The highest BCUT2D eigenvalue weighted by Crippen LogP contribution is 2.14. The van der Waals surface area contributed by atoms with Gasteiger partial charge in [0.1, 0.15) is 26.3 Å². The summed E-state index contributed by atoms with van der Waals surface area (Å²) in [6, 6.07) is 19.4. The Balaban J connectivity index is 2.20. The summed E-state index contributed by atoms with van der Waals surface area (Å²) in [5, 5.41) is 12.4. The van der Waals surface area contributed by atoms with Crippen LogP contribution in [0.3, 0.4) is 0 Å². The molecular formula is C23H22F2O3Si. The summed E-state index contributed by atoms with van der Waals surface area (Å²) in [6.45, 7) is 2.82. The fourth-order valence-corrected chi connectivity index (χ4v) is 7.07. The van der Waals surface area contributed by atoms with Gasteiger partial charge in [-0.3, -0.25) is 4.79 Å². The lowest BCUT2D eigenvalue weighted by molar-refractivity contribution is -0.142. The average molecular weight is 413 g/mol. The van der Waals surface area contributed by atoms with Crippen LogP contribution in [0.2, 0.25) is 6.55 Å². The van der Waals surface area contributed by atoms with E-state index in [9.17, 15) is 18.7 Å². The van der Waals surface area contributed by atoms with Crippen molar-refractivity contribution in [3.05, 3.63) is 89.5 Å². The molecule has 0 aliphatic carbocycles. The molecule has 1 atom stereocenters. The second-order valence-electron chi connectivity index (χ2n) is 7.04. The van der Waals surface area contributed by atoms with Crippen molar-refractivity contribution in [2.75, 3.05) is 0 Å². The van der Waals surface area contributed by atoms with E-state index in [-0.39, 0.29) is 17.7 Å². The van der Waals surface area contributed by atoms with Crippen LogP contribution in [0.4, 0.5) is 8.78 Å². The molecule has 3 aromatic carbocycles. The van der Waals surface area contributed by atoms with Gasteiger partial charge in [-0.2, -0.15) is 0 Å². The lowest BCUT2D eigenvalue weighted by atomic mass is 10.2. The lowest BCUT2D eigenvalue weighted by Gasteiger charge is -2.30. The maximum Gasteiger partial charge on any atom is 0.302 e. The van der Waals surface area contributed by atoms with E-state index in [1.807, 2.05) is 30.3 Å². The molecule has 0 saturated carbocycles. The molecule has 0 aliphatic heterocycles. The number of halogens is 2. The summed E-state index contributed by atoms with van der Waals surface area (Å²) in [6.07, 6.45) is 0. The van der Waals surface area contributed by atoms with E-state index >= 15 is 0 Å². The van der Waals surface area contributed by atoms with Gasteiger partial charge in [0, 0.05) is 18.1 Å². The Hall–Kier alpha value is -2.83. The Morgan fingerprint density at radius 3 is 2.00 bits per heavy atom. The van der Waals surface area contributed by atoms with Crippen LogP contribution < -0.4 is 15.6 Å². The third kappa shape index (κ3) is 4.28. The minimum atomic E-state index is -2.64. The maximum atomic E-state index is 14.3. The quantitative estimate of drug-likeness (QED) is 0.385. The Labute approximate surface area is 169 Å². The number of carbonyl (C=O) groups is 1. The van der Waals surface area contributed by atoms with Crippen molar-refractivity contribution >= 4 is 29.6 Å². The molecule has 0 aliphatic rings. The van der Waals surface area contributed by atoms with Crippen LogP contribution in [0.1, 0.15) is 18.1 Å². The van der Waals surface area contributed by atoms with Crippen LogP contribution in [0, 0.1) is 11.6 Å². The first kappa shape index (κ1) is 20.9. The van der Waals surface area contributed by atoms with E-state index in [1.165, 1.54) is 19.1 Å². The molecular weight excluding hydrogens is 390 g/mol. The van der Waals surface area contributed by atoms with Crippen molar-refractivity contribution in [3.8, 4) is 0 Å². The zero-order valence-electron chi connectivity index (χ0n) is 16.3. The molecule has 29 heavy (non-hydrogen) atoms. The first-order valence-electron chi connectivity index (χ1n) is 9.23. The summed E-state index contributed by atoms with van der Waals surface area (Å²) >= 11 is 0. The van der Waals surface area contributed by atoms with Gasteiger partial charge < -0.3 is 9.84 Å². The minimum absolute atomic E-state index is 0.153. The van der Waals surface area contributed by atoms with Gasteiger partial charge in [0.05, 0.1) is 6.61 Å². The van der Waals surface area contributed by atoms with Gasteiger partial charge in [-0.15, -0.1) is 0 Å². The molecule has 0 amide bonds. The molecule has 0 spiro atoms. The van der Waals surface area contributed by atoms with Gasteiger partial charge in [0.2, 0.25) is 0 Å². The SMILES string of the molecule is CC(=O)OCc1cc([Si](C)(c2ccccc2)c2ccc(F)c(CO)c2)ccc1F. The number of ether oxygens (including phenoxy) is 1. The Bertz CT molecular complexity index is 1020. The molecule has 6 heteroatoms. The molecule has 0 fully saturated rings. The van der Waals surface area contributed by atoms with E-state index in [0.717, 1.165) is 15.6 Å². The summed E-state index contributed by atoms with van der Waals surface area (Å²) in [4.78, 5) is 11.2. The second-order valence-corrected chi connectivity index (χ2v) is 11.0. The highest BCUT2D eigenvalue weighted by atomic mass is 28.3. The van der Waals surface area contributed by atoms with Crippen molar-refractivity contribution in [1.82, 2.24) is 0 Å². The van der Waals surface area contributed by atoms with Crippen molar-refractivity contribution in [2.24, 2.45) is 0 Å². The Morgan fingerprint density at radius 2 is 1.45 bits per heavy atom. The van der Waals surface area contributed by atoms with Gasteiger partial charge in [0.25, 0.3) is 0 Å². The minimum Gasteiger partial charge on any atom is -0.461 e. The van der Waals surface area contributed by atoms with E-state index in [0.29, 0.717) is 0 Å². The van der Waals surface area contributed by atoms with Crippen molar-refractivity contribution in [3.63, 3.8) is 0 Å². The second kappa shape index (κ2) is 8.67.